The van der Waals surface area contributed by atoms with E-state index in [0.717, 1.165) is 19.5 Å². The molecule has 1 aromatic heterocycles. The number of hydrogen-bond acceptors (Lipinski definition) is 3. The topological polar surface area (TPSA) is 85.4 Å². The summed E-state index contributed by atoms with van der Waals surface area (Å²) in [5, 5.41) is 12.0. The quantitative estimate of drug-likeness (QED) is 0.769. The monoisotopic (exact) mass is 293 g/mol. The summed E-state index contributed by atoms with van der Waals surface area (Å²) in [6, 6.07) is 0.387. The Kier molecular flexibility index (Phi) is 4.67. The molecule has 1 aliphatic heterocycles. The van der Waals surface area contributed by atoms with Gasteiger partial charge in [0.25, 0.3) is 5.91 Å². The number of carboxylic acid groups (broad SMARTS) is 1. The molecule has 0 radical (unpaired) electrons. The number of aromatic carboxylic acids is 1. The Balaban J connectivity index is 2.05. The first-order valence-electron chi connectivity index (χ1n) is 7.40. The molecule has 2 heterocycles. The van der Waals surface area contributed by atoms with Crippen molar-refractivity contribution in [2.75, 3.05) is 19.6 Å². The van der Waals surface area contributed by atoms with E-state index in [1.165, 1.54) is 6.42 Å². The molecule has 0 aliphatic carbocycles. The Morgan fingerprint density at radius 2 is 2.14 bits per heavy atom. The van der Waals surface area contributed by atoms with E-state index in [2.05, 4.69) is 22.1 Å². The highest BCUT2D eigenvalue weighted by Crippen LogP contribution is 2.19. The number of nitrogens with zero attached hydrogens (tertiary/aromatic N) is 1. The van der Waals surface area contributed by atoms with Crippen molar-refractivity contribution in [3.05, 3.63) is 22.5 Å². The number of rotatable bonds is 5. The van der Waals surface area contributed by atoms with Crippen LogP contribution in [0.1, 0.15) is 51.9 Å². The van der Waals surface area contributed by atoms with Crippen LogP contribution >= 0.6 is 0 Å². The van der Waals surface area contributed by atoms with Crippen molar-refractivity contribution in [3.8, 4) is 0 Å². The fourth-order valence-corrected chi connectivity index (χ4v) is 3.15. The zero-order valence-electron chi connectivity index (χ0n) is 12.8. The Morgan fingerprint density at radius 1 is 1.43 bits per heavy atom. The van der Waals surface area contributed by atoms with Gasteiger partial charge in [-0.05, 0) is 45.3 Å². The lowest BCUT2D eigenvalue weighted by molar-refractivity contribution is 0.0690. The van der Waals surface area contributed by atoms with Crippen molar-refractivity contribution in [2.45, 2.75) is 39.7 Å². The molecule has 21 heavy (non-hydrogen) atoms. The number of H-pyrrole nitrogens is 1. The van der Waals surface area contributed by atoms with Crippen molar-refractivity contribution in [1.29, 1.82) is 0 Å². The number of aromatic nitrogens is 1. The number of carbonyl (C=O) groups is 2. The summed E-state index contributed by atoms with van der Waals surface area (Å²) in [4.78, 5) is 28.6. The summed E-state index contributed by atoms with van der Waals surface area (Å²) < 4.78 is 0. The summed E-state index contributed by atoms with van der Waals surface area (Å²) in [7, 11) is 0. The molecule has 0 aromatic carbocycles. The normalized spacial score (nSPS) is 18.9. The van der Waals surface area contributed by atoms with Crippen molar-refractivity contribution in [3.63, 3.8) is 0 Å². The van der Waals surface area contributed by atoms with E-state index in [4.69, 9.17) is 5.11 Å². The third-order valence-corrected chi connectivity index (χ3v) is 4.28. The van der Waals surface area contributed by atoms with Gasteiger partial charge < -0.3 is 15.4 Å². The lowest BCUT2D eigenvalue weighted by atomic mass is 10.1. The number of likely N-dealkylation sites (tertiary alicyclic amines) is 1. The van der Waals surface area contributed by atoms with Gasteiger partial charge in [0.05, 0.1) is 5.56 Å². The lowest BCUT2D eigenvalue weighted by Gasteiger charge is -2.22. The second-order valence-corrected chi connectivity index (χ2v) is 5.56. The zero-order valence-corrected chi connectivity index (χ0v) is 12.8. The molecular formula is C15H23N3O3. The molecule has 3 N–H and O–H groups in total. The van der Waals surface area contributed by atoms with E-state index in [1.807, 2.05) is 0 Å². The maximum Gasteiger partial charge on any atom is 0.352 e. The second-order valence-electron chi connectivity index (χ2n) is 5.56. The molecule has 1 fully saturated rings. The van der Waals surface area contributed by atoms with Gasteiger partial charge >= 0.3 is 5.97 Å². The van der Waals surface area contributed by atoms with Crippen LogP contribution < -0.4 is 5.32 Å². The van der Waals surface area contributed by atoms with Crippen LogP contribution in [0, 0.1) is 13.8 Å². The first-order valence-corrected chi connectivity index (χ1v) is 7.40. The van der Waals surface area contributed by atoms with E-state index in [0.29, 0.717) is 29.4 Å². The molecular weight excluding hydrogens is 270 g/mol. The average molecular weight is 293 g/mol. The number of carbonyl (C=O) groups excluding carboxylic acids is 1. The third-order valence-electron chi connectivity index (χ3n) is 4.28. The highest BCUT2D eigenvalue weighted by molar-refractivity contribution is 6.00. The van der Waals surface area contributed by atoms with Crippen molar-refractivity contribution in [1.82, 2.24) is 15.2 Å². The smallest absolute Gasteiger partial charge is 0.352 e. The minimum absolute atomic E-state index is 0.0914. The van der Waals surface area contributed by atoms with E-state index in [1.54, 1.807) is 13.8 Å². The van der Waals surface area contributed by atoms with Gasteiger partial charge in [-0.2, -0.15) is 0 Å². The largest absolute Gasteiger partial charge is 0.477 e. The van der Waals surface area contributed by atoms with Crippen molar-refractivity contribution in [2.24, 2.45) is 0 Å². The fraction of sp³-hybridized carbons (Fsp3) is 0.600. The molecule has 2 rings (SSSR count). The average Bonchev–Trinajstić information content (AvgIpc) is 3.00. The van der Waals surface area contributed by atoms with Crippen LogP contribution in [-0.2, 0) is 0 Å². The van der Waals surface area contributed by atoms with Crippen LogP contribution in [-0.4, -0.2) is 52.5 Å². The summed E-state index contributed by atoms with van der Waals surface area (Å²) in [6.45, 7) is 8.20. The van der Waals surface area contributed by atoms with Crippen LogP contribution in [0.25, 0.3) is 0 Å². The van der Waals surface area contributed by atoms with Gasteiger partial charge in [-0.3, -0.25) is 9.69 Å². The van der Waals surface area contributed by atoms with Gasteiger partial charge in [-0.15, -0.1) is 0 Å². The van der Waals surface area contributed by atoms with Gasteiger partial charge in [0.2, 0.25) is 0 Å². The van der Waals surface area contributed by atoms with Gasteiger partial charge in [0, 0.05) is 18.3 Å². The molecule has 0 spiro atoms. The van der Waals surface area contributed by atoms with Gasteiger partial charge in [0.1, 0.15) is 5.69 Å². The predicted octanol–water partition coefficient (Wildman–Crippen LogP) is 1.54. The first kappa shape index (κ1) is 15.6. The van der Waals surface area contributed by atoms with E-state index >= 15 is 0 Å². The number of likely N-dealkylation sites (N-methyl/N-ethyl adjacent to an activating group) is 1. The number of aromatic amines is 1. The molecule has 1 amide bonds. The second kappa shape index (κ2) is 6.30. The zero-order chi connectivity index (χ0) is 15.6. The summed E-state index contributed by atoms with van der Waals surface area (Å²) >= 11 is 0. The maximum absolute atomic E-state index is 12.3. The fourth-order valence-electron chi connectivity index (χ4n) is 3.15. The summed E-state index contributed by atoms with van der Waals surface area (Å²) in [5.41, 5.74) is 1.64. The van der Waals surface area contributed by atoms with Crippen LogP contribution in [0.5, 0.6) is 0 Å². The number of aryl methyl sites for hydroxylation is 1. The third kappa shape index (κ3) is 3.10. The minimum atomic E-state index is -1.04. The molecule has 0 bridgehead atoms. The SMILES string of the molecule is CCN1CCCC1CNC(=O)c1c(C)[nH]c(C(=O)O)c1C. The van der Waals surface area contributed by atoms with Crippen LogP contribution in [0.15, 0.2) is 0 Å². The number of hydrogen-bond donors (Lipinski definition) is 3. The number of carboxylic acids is 1. The summed E-state index contributed by atoms with van der Waals surface area (Å²) in [5.74, 6) is -1.24. The molecule has 6 heteroatoms. The Bertz CT molecular complexity index is 551. The first-order chi connectivity index (χ1) is 9.95. The maximum atomic E-state index is 12.3. The molecule has 1 unspecified atom stereocenters. The number of nitrogens with one attached hydrogen (secondary N) is 2. The molecule has 1 aromatic rings. The Labute approximate surface area is 124 Å². The molecule has 116 valence electrons. The molecule has 1 saturated heterocycles. The molecule has 1 atom stereocenters. The van der Waals surface area contributed by atoms with Crippen LogP contribution in [0.3, 0.4) is 0 Å². The van der Waals surface area contributed by atoms with Gasteiger partial charge in [-0.1, -0.05) is 6.92 Å². The van der Waals surface area contributed by atoms with E-state index < -0.39 is 5.97 Å². The van der Waals surface area contributed by atoms with Crippen molar-refractivity contribution >= 4 is 11.9 Å². The molecule has 6 nitrogen and oxygen atoms in total. The van der Waals surface area contributed by atoms with Gasteiger partial charge in [0.15, 0.2) is 0 Å². The predicted molar refractivity (Wildman–Crippen MR) is 79.8 cm³/mol. The minimum Gasteiger partial charge on any atom is -0.477 e. The lowest BCUT2D eigenvalue weighted by Crippen LogP contribution is -2.40. The van der Waals surface area contributed by atoms with Gasteiger partial charge in [-0.25, -0.2) is 4.79 Å². The Morgan fingerprint density at radius 3 is 2.71 bits per heavy atom. The highest BCUT2D eigenvalue weighted by atomic mass is 16.4. The van der Waals surface area contributed by atoms with E-state index in [-0.39, 0.29) is 11.6 Å². The van der Waals surface area contributed by atoms with E-state index in [9.17, 15) is 9.59 Å². The summed E-state index contributed by atoms with van der Waals surface area (Å²) in [6.07, 6.45) is 2.26. The van der Waals surface area contributed by atoms with Crippen LogP contribution in [0.4, 0.5) is 0 Å². The molecule has 1 aliphatic rings. The molecule has 0 saturated carbocycles. The van der Waals surface area contributed by atoms with Crippen LogP contribution in [0.2, 0.25) is 0 Å². The van der Waals surface area contributed by atoms with Crippen molar-refractivity contribution < 1.29 is 14.7 Å². The standard InChI is InChI=1S/C15H23N3O3/c1-4-18-7-5-6-11(18)8-16-14(19)12-9(2)13(15(20)21)17-10(12)3/h11,17H,4-8H2,1-3H3,(H,16,19)(H,20,21). The Hall–Kier alpha value is -1.82. The highest BCUT2D eigenvalue weighted by Gasteiger charge is 2.25. The number of amides is 1.